The Morgan fingerprint density at radius 1 is 1.00 bits per heavy atom. The average Bonchev–Trinajstić information content (AvgIpc) is 2.45. The van der Waals surface area contributed by atoms with Crippen molar-refractivity contribution in [3.63, 3.8) is 0 Å². The Bertz CT molecular complexity index is 397. The van der Waals surface area contributed by atoms with Crippen LogP contribution >= 0.6 is 0 Å². The number of hydrogen-bond donors (Lipinski definition) is 1. The van der Waals surface area contributed by atoms with Gasteiger partial charge in [0.15, 0.2) is 0 Å². The second kappa shape index (κ2) is 6.22. The number of carbonyl (C=O) groups excluding carboxylic acids is 1. The molecule has 2 heterocycles. The van der Waals surface area contributed by atoms with E-state index in [1.807, 2.05) is 4.90 Å². The van der Waals surface area contributed by atoms with E-state index in [-0.39, 0.29) is 11.6 Å². The molecule has 2 aliphatic rings. The van der Waals surface area contributed by atoms with Gasteiger partial charge in [0.1, 0.15) is 6.04 Å². The predicted molar refractivity (Wildman–Crippen MR) is 80.3 cm³/mol. The maximum Gasteiger partial charge on any atom is 0.326 e. The number of piperidine rings is 1. The third-order valence-electron chi connectivity index (χ3n) is 4.53. The zero-order valence-corrected chi connectivity index (χ0v) is 13.3. The monoisotopic (exact) mass is 297 g/mol. The lowest BCUT2D eigenvalue weighted by atomic mass is 10.0. The first-order chi connectivity index (χ1) is 9.80. The summed E-state index contributed by atoms with van der Waals surface area (Å²) >= 11 is 0. The Morgan fingerprint density at radius 2 is 1.62 bits per heavy atom. The standard InChI is InChI=1S/C15H27N3O3/c1-15(2,3)17-10-8-16(9-11-17)14(21)18-7-5-4-6-12(18)13(19)20/h12H,4-11H2,1-3H3,(H,19,20). The van der Waals surface area contributed by atoms with Gasteiger partial charge in [-0.15, -0.1) is 0 Å². The summed E-state index contributed by atoms with van der Waals surface area (Å²) in [6.45, 7) is 10.1. The predicted octanol–water partition coefficient (Wildman–Crippen LogP) is 1.46. The Hall–Kier alpha value is -1.30. The fraction of sp³-hybridized carbons (Fsp3) is 0.867. The molecule has 21 heavy (non-hydrogen) atoms. The average molecular weight is 297 g/mol. The zero-order chi connectivity index (χ0) is 15.6. The van der Waals surface area contributed by atoms with Crippen molar-refractivity contribution in [1.29, 1.82) is 0 Å². The van der Waals surface area contributed by atoms with Gasteiger partial charge in [-0.1, -0.05) is 0 Å². The number of carbonyl (C=O) groups is 2. The van der Waals surface area contributed by atoms with Gasteiger partial charge in [0.2, 0.25) is 0 Å². The number of aliphatic carboxylic acids is 1. The Morgan fingerprint density at radius 3 is 2.14 bits per heavy atom. The molecule has 0 bridgehead atoms. The lowest BCUT2D eigenvalue weighted by Crippen LogP contribution is -2.59. The van der Waals surface area contributed by atoms with Crippen LogP contribution in [0, 0.1) is 0 Å². The van der Waals surface area contributed by atoms with Crippen LogP contribution in [0.1, 0.15) is 40.0 Å². The van der Waals surface area contributed by atoms with Gasteiger partial charge in [-0.05, 0) is 40.0 Å². The molecule has 2 fully saturated rings. The number of amides is 2. The van der Waals surface area contributed by atoms with Crippen molar-refractivity contribution >= 4 is 12.0 Å². The van der Waals surface area contributed by atoms with Crippen molar-refractivity contribution in [2.24, 2.45) is 0 Å². The molecule has 1 unspecified atom stereocenters. The molecule has 0 aliphatic carbocycles. The molecule has 0 spiro atoms. The van der Waals surface area contributed by atoms with Crippen molar-refractivity contribution in [2.45, 2.75) is 51.6 Å². The van der Waals surface area contributed by atoms with Crippen LogP contribution in [-0.4, -0.2) is 76.1 Å². The van der Waals surface area contributed by atoms with E-state index in [0.29, 0.717) is 26.1 Å². The Kier molecular flexibility index (Phi) is 4.76. The summed E-state index contributed by atoms with van der Waals surface area (Å²) in [6.07, 6.45) is 2.36. The number of urea groups is 1. The Balaban J connectivity index is 1.96. The molecule has 0 aromatic carbocycles. The van der Waals surface area contributed by atoms with Crippen LogP contribution in [0.4, 0.5) is 4.79 Å². The highest BCUT2D eigenvalue weighted by molar-refractivity contribution is 5.83. The van der Waals surface area contributed by atoms with Crippen molar-refractivity contribution in [1.82, 2.24) is 14.7 Å². The SMILES string of the molecule is CC(C)(C)N1CCN(C(=O)N2CCCCC2C(=O)O)CC1. The topological polar surface area (TPSA) is 64.1 Å². The summed E-state index contributed by atoms with van der Waals surface area (Å²) in [6, 6.07) is -0.748. The highest BCUT2D eigenvalue weighted by Crippen LogP contribution is 2.21. The maximum absolute atomic E-state index is 12.6. The molecular formula is C15H27N3O3. The highest BCUT2D eigenvalue weighted by atomic mass is 16.4. The van der Waals surface area contributed by atoms with E-state index in [2.05, 4.69) is 25.7 Å². The van der Waals surface area contributed by atoms with Gasteiger partial charge in [0.05, 0.1) is 0 Å². The third-order valence-corrected chi connectivity index (χ3v) is 4.53. The fourth-order valence-electron chi connectivity index (χ4n) is 3.17. The smallest absolute Gasteiger partial charge is 0.326 e. The van der Waals surface area contributed by atoms with Crippen molar-refractivity contribution in [2.75, 3.05) is 32.7 Å². The molecule has 120 valence electrons. The van der Waals surface area contributed by atoms with Gasteiger partial charge in [0.25, 0.3) is 0 Å². The van der Waals surface area contributed by atoms with Crippen molar-refractivity contribution in [3.05, 3.63) is 0 Å². The van der Waals surface area contributed by atoms with Crippen LogP contribution in [0.2, 0.25) is 0 Å². The molecule has 2 rings (SSSR count). The number of carboxylic acids is 1. The van der Waals surface area contributed by atoms with Gasteiger partial charge in [-0.2, -0.15) is 0 Å². The second-order valence-electron chi connectivity index (χ2n) is 6.97. The minimum absolute atomic E-state index is 0.101. The molecule has 2 saturated heterocycles. The van der Waals surface area contributed by atoms with Gasteiger partial charge in [0, 0.05) is 38.3 Å². The lowest BCUT2D eigenvalue weighted by molar-refractivity contribution is -0.143. The first kappa shape index (κ1) is 16.1. The summed E-state index contributed by atoms with van der Waals surface area (Å²) in [5.74, 6) is -0.878. The van der Waals surface area contributed by atoms with Gasteiger partial charge < -0.3 is 14.9 Å². The molecule has 2 amide bonds. The van der Waals surface area contributed by atoms with Crippen LogP contribution in [0.5, 0.6) is 0 Å². The van der Waals surface area contributed by atoms with Crippen LogP contribution in [0.3, 0.4) is 0 Å². The quantitative estimate of drug-likeness (QED) is 0.796. The van der Waals surface area contributed by atoms with E-state index in [1.54, 1.807) is 4.90 Å². The van der Waals surface area contributed by atoms with Gasteiger partial charge in [-0.3, -0.25) is 4.90 Å². The van der Waals surface area contributed by atoms with E-state index in [1.165, 1.54) is 0 Å². The summed E-state index contributed by atoms with van der Waals surface area (Å²) in [5, 5.41) is 9.28. The van der Waals surface area contributed by atoms with Crippen molar-refractivity contribution < 1.29 is 14.7 Å². The minimum Gasteiger partial charge on any atom is -0.480 e. The molecule has 6 nitrogen and oxygen atoms in total. The first-order valence-electron chi connectivity index (χ1n) is 7.84. The number of nitrogens with zero attached hydrogens (tertiary/aromatic N) is 3. The van der Waals surface area contributed by atoms with E-state index in [0.717, 1.165) is 25.9 Å². The summed E-state index contributed by atoms with van der Waals surface area (Å²) in [4.78, 5) is 29.6. The molecular weight excluding hydrogens is 270 g/mol. The maximum atomic E-state index is 12.6. The van der Waals surface area contributed by atoms with E-state index >= 15 is 0 Å². The minimum atomic E-state index is -0.878. The highest BCUT2D eigenvalue weighted by Gasteiger charge is 2.36. The zero-order valence-electron chi connectivity index (χ0n) is 13.3. The molecule has 0 saturated carbocycles. The summed E-state index contributed by atoms with van der Waals surface area (Å²) in [5.41, 5.74) is 0.115. The van der Waals surface area contributed by atoms with Crippen LogP contribution in [-0.2, 0) is 4.79 Å². The van der Waals surface area contributed by atoms with Crippen LogP contribution < -0.4 is 0 Å². The molecule has 0 aromatic heterocycles. The largest absolute Gasteiger partial charge is 0.480 e. The lowest BCUT2D eigenvalue weighted by Gasteiger charge is -2.44. The molecule has 0 radical (unpaired) electrons. The number of rotatable bonds is 1. The number of likely N-dealkylation sites (tertiary alicyclic amines) is 1. The van der Waals surface area contributed by atoms with Crippen molar-refractivity contribution in [3.8, 4) is 0 Å². The normalized spacial score (nSPS) is 25.0. The molecule has 2 aliphatic heterocycles. The van der Waals surface area contributed by atoms with E-state index in [9.17, 15) is 14.7 Å². The van der Waals surface area contributed by atoms with Gasteiger partial charge in [-0.25, -0.2) is 9.59 Å². The van der Waals surface area contributed by atoms with Crippen LogP contribution in [0.15, 0.2) is 0 Å². The Labute approximate surface area is 126 Å². The third kappa shape index (κ3) is 3.67. The second-order valence-corrected chi connectivity index (χ2v) is 6.97. The van der Waals surface area contributed by atoms with Crippen LogP contribution in [0.25, 0.3) is 0 Å². The number of piperazine rings is 1. The first-order valence-corrected chi connectivity index (χ1v) is 7.84. The number of hydrogen-bond acceptors (Lipinski definition) is 3. The summed E-state index contributed by atoms with van der Waals surface area (Å²) < 4.78 is 0. The molecule has 0 aromatic rings. The molecule has 1 atom stereocenters. The number of carboxylic acid groups (broad SMARTS) is 1. The molecule has 6 heteroatoms. The fourth-order valence-corrected chi connectivity index (χ4v) is 3.17. The summed E-state index contributed by atoms with van der Waals surface area (Å²) in [7, 11) is 0. The van der Waals surface area contributed by atoms with E-state index in [4.69, 9.17) is 0 Å². The van der Waals surface area contributed by atoms with Gasteiger partial charge >= 0.3 is 12.0 Å². The van der Waals surface area contributed by atoms with E-state index < -0.39 is 12.0 Å². The molecule has 1 N–H and O–H groups in total.